The highest BCUT2D eigenvalue weighted by atomic mass is 79.9. The molecule has 9 heteroatoms. The third-order valence-electron chi connectivity index (χ3n) is 2.84. The molecule has 0 atom stereocenters. The molecule has 21 heavy (non-hydrogen) atoms. The largest absolute Gasteiger partial charge is 0.368 e. The molecular weight excluding hydrogens is 382 g/mol. The Balaban J connectivity index is 3.88. The van der Waals surface area contributed by atoms with E-state index in [1.54, 1.807) is 18.2 Å². The van der Waals surface area contributed by atoms with Crippen LogP contribution in [0.25, 0.3) is 0 Å². The third-order valence-corrected chi connectivity index (χ3v) is 8.92. The number of halogens is 1. The summed E-state index contributed by atoms with van der Waals surface area (Å²) in [6.07, 6.45) is 0. The molecular formula is C12H19BrO6P2. The maximum atomic E-state index is 13.0. The minimum atomic E-state index is -3.65. The monoisotopic (exact) mass is 400 g/mol. The molecule has 1 aromatic rings. The normalized spacial score (nSPS) is 12.5. The van der Waals surface area contributed by atoms with Crippen LogP contribution < -0.4 is 0 Å². The molecule has 0 fully saturated rings. The van der Waals surface area contributed by atoms with Gasteiger partial charge in [0.25, 0.3) is 7.57 Å². The van der Waals surface area contributed by atoms with E-state index in [4.69, 9.17) is 22.6 Å². The third kappa shape index (κ3) is 3.69. The number of hydrogen-bond donors (Lipinski definition) is 0. The Bertz CT molecular complexity index is 562. The molecule has 0 aliphatic heterocycles. The summed E-state index contributed by atoms with van der Waals surface area (Å²) in [5.74, 6) is 0. The topological polar surface area (TPSA) is 63.2 Å². The van der Waals surface area contributed by atoms with Crippen molar-refractivity contribution in [3.8, 4) is 0 Å². The van der Waals surface area contributed by atoms with Crippen LogP contribution in [0.15, 0.2) is 28.7 Å². The first-order valence-electron chi connectivity index (χ1n) is 5.85. The van der Waals surface area contributed by atoms with Gasteiger partial charge < -0.3 is 22.6 Å². The van der Waals surface area contributed by atoms with Crippen molar-refractivity contribution in [1.82, 2.24) is 0 Å². The van der Waals surface area contributed by atoms with Crippen LogP contribution in [0.4, 0.5) is 0 Å². The van der Waals surface area contributed by atoms with Crippen LogP contribution in [0.1, 0.15) is 5.56 Å². The maximum absolute atomic E-state index is 13.0. The summed E-state index contributed by atoms with van der Waals surface area (Å²) in [5, 5.41) is 0.222. The van der Waals surface area contributed by atoms with Crippen molar-refractivity contribution in [3.63, 3.8) is 0 Å². The van der Waals surface area contributed by atoms with E-state index in [2.05, 4.69) is 15.9 Å². The minimum absolute atomic E-state index is 0.222. The summed E-state index contributed by atoms with van der Waals surface area (Å²) in [6.45, 7) is 0. The van der Waals surface area contributed by atoms with E-state index in [0.717, 1.165) is 0 Å². The van der Waals surface area contributed by atoms with Crippen LogP contribution in [-0.2, 0) is 27.2 Å². The van der Waals surface area contributed by atoms with Crippen molar-refractivity contribution in [1.29, 1.82) is 0 Å². The van der Waals surface area contributed by atoms with E-state index < -0.39 is 15.2 Å². The van der Waals surface area contributed by atoms with Gasteiger partial charge in [0.05, 0.1) is 0 Å². The molecule has 0 saturated heterocycles. The summed E-state index contributed by atoms with van der Waals surface area (Å²) < 4.78 is 40.3. The number of hydrogen-bond acceptors (Lipinski definition) is 6. The van der Waals surface area contributed by atoms with Crippen molar-refractivity contribution in [2.75, 3.05) is 35.5 Å². The van der Waals surface area contributed by atoms with E-state index in [1.807, 2.05) is 6.07 Å². The quantitative estimate of drug-likeness (QED) is 0.641. The van der Waals surface area contributed by atoms with Gasteiger partial charge in [0.15, 0.2) is 0 Å². The second kappa shape index (κ2) is 8.04. The molecule has 1 aromatic carbocycles. The van der Waals surface area contributed by atoms with Crippen LogP contribution in [0.3, 0.4) is 0 Å². The van der Waals surface area contributed by atoms with Gasteiger partial charge in [-0.3, -0.25) is 4.57 Å². The summed E-state index contributed by atoms with van der Waals surface area (Å²) in [6, 6.07) is 7.20. The van der Waals surface area contributed by atoms with Crippen molar-refractivity contribution >= 4 is 36.1 Å². The molecule has 0 bridgehead atoms. The zero-order chi connectivity index (χ0) is 16.1. The first-order valence-corrected chi connectivity index (χ1v) is 9.73. The van der Waals surface area contributed by atoms with E-state index in [1.165, 1.54) is 35.5 Å². The zero-order valence-electron chi connectivity index (χ0n) is 12.5. The number of benzene rings is 1. The minimum Gasteiger partial charge on any atom is -0.320 e. The Morgan fingerprint density at radius 2 is 1.38 bits per heavy atom. The lowest BCUT2D eigenvalue weighted by Gasteiger charge is -2.28. The van der Waals surface area contributed by atoms with Gasteiger partial charge in [0.1, 0.15) is 5.03 Å². The highest BCUT2D eigenvalue weighted by Crippen LogP contribution is 2.65. The van der Waals surface area contributed by atoms with Gasteiger partial charge in [-0.25, -0.2) is 0 Å². The van der Waals surface area contributed by atoms with Gasteiger partial charge in [-0.2, -0.15) is 0 Å². The summed E-state index contributed by atoms with van der Waals surface area (Å²) in [5.41, 5.74) is 0.586. The summed E-state index contributed by atoms with van der Waals surface area (Å²) in [4.78, 5) is 0. The van der Waals surface area contributed by atoms with Gasteiger partial charge >= 0.3 is 7.60 Å². The van der Waals surface area contributed by atoms with E-state index in [0.29, 0.717) is 10.0 Å². The second-order valence-corrected chi connectivity index (χ2v) is 9.63. The second-order valence-electron chi connectivity index (χ2n) is 3.71. The van der Waals surface area contributed by atoms with Crippen molar-refractivity contribution in [2.45, 2.75) is 0 Å². The molecule has 0 aliphatic rings. The molecule has 6 nitrogen and oxygen atoms in total. The average molecular weight is 401 g/mol. The SMILES string of the molecule is COP(=O)(OC)C(c1ccccc1Br)=P(OC)(OC)OC. The highest BCUT2D eigenvalue weighted by Gasteiger charge is 2.41. The Labute approximate surface area is 133 Å². The van der Waals surface area contributed by atoms with Crippen molar-refractivity contribution < 1.29 is 27.2 Å². The Morgan fingerprint density at radius 3 is 1.76 bits per heavy atom. The van der Waals surface area contributed by atoms with Gasteiger partial charge in [0.2, 0.25) is 0 Å². The fraction of sp³-hybridized carbons (Fsp3) is 0.417. The first-order chi connectivity index (χ1) is 9.94. The molecule has 0 radical (unpaired) electrons. The molecule has 0 unspecified atom stereocenters. The highest BCUT2D eigenvalue weighted by molar-refractivity contribution is 9.10. The van der Waals surface area contributed by atoms with Crippen LogP contribution in [-0.4, -0.2) is 40.6 Å². The van der Waals surface area contributed by atoms with Crippen LogP contribution >= 0.6 is 31.1 Å². The fourth-order valence-electron chi connectivity index (χ4n) is 1.82. The molecule has 0 aromatic heterocycles. The Kier molecular flexibility index (Phi) is 7.31. The molecule has 0 N–H and O–H groups in total. The van der Waals surface area contributed by atoms with Gasteiger partial charge in [-0.1, -0.05) is 34.1 Å². The standard InChI is InChI=1S/C12H19BrO6P2/c1-15-20(14,16-2)12(21(17-3,18-4)19-5)10-8-6-7-9-11(10)13/h6-9H,1-5H3. The summed E-state index contributed by atoms with van der Waals surface area (Å²) in [7, 11) is 0.147. The molecule has 0 spiro atoms. The predicted molar refractivity (Wildman–Crippen MR) is 87.8 cm³/mol. The molecule has 120 valence electrons. The maximum Gasteiger partial charge on any atom is 0.368 e. The van der Waals surface area contributed by atoms with Crippen molar-refractivity contribution in [3.05, 3.63) is 34.3 Å². The van der Waals surface area contributed by atoms with Crippen LogP contribution in [0.2, 0.25) is 0 Å². The lowest BCUT2D eigenvalue weighted by molar-refractivity contribution is 0.232. The van der Waals surface area contributed by atoms with E-state index in [9.17, 15) is 4.57 Å². The average Bonchev–Trinajstić information content (AvgIpc) is 2.53. The smallest absolute Gasteiger partial charge is 0.320 e. The van der Waals surface area contributed by atoms with E-state index in [-0.39, 0.29) is 5.03 Å². The first kappa shape index (κ1) is 19.1. The molecule has 0 aliphatic carbocycles. The lowest BCUT2D eigenvalue weighted by atomic mass is 10.2. The van der Waals surface area contributed by atoms with Gasteiger partial charge in [-0.15, -0.1) is 0 Å². The Hall–Kier alpha value is 0.0300. The van der Waals surface area contributed by atoms with E-state index >= 15 is 0 Å². The predicted octanol–water partition coefficient (Wildman–Crippen LogP) is 4.11. The van der Waals surface area contributed by atoms with Gasteiger partial charge in [-0.05, 0) is 6.07 Å². The zero-order valence-corrected chi connectivity index (χ0v) is 15.9. The molecule has 0 amide bonds. The lowest BCUT2D eigenvalue weighted by Crippen LogP contribution is -2.12. The molecule has 0 saturated carbocycles. The Morgan fingerprint density at radius 1 is 0.905 bits per heavy atom. The van der Waals surface area contributed by atoms with Crippen molar-refractivity contribution in [2.24, 2.45) is 0 Å². The fourth-order valence-corrected chi connectivity index (χ4v) is 7.47. The number of rotatable bonds is 7. The van der Waals surface area contributed by atoms with Crippen LogP contribution in [0.5, 0.6) is 0 Å². The molecule has 1 rings (SSSR count). The van der Waals surface area contributed by atoms with Crippen LogP contribution in [0, 0.1) is 0 Å². The van der Waals surface area contributed by atoms with Gasteiger partial charge in [0, 0.05) is 45.6 Å². The summed E-state index contributed by atoms with van der Waals surface area (Å²) >= 11 is 3.43. The molecule has 0 heterocycles.